The fourth-order valence-corrected chi connectivity index (χ4v) is 1.47. The first-order chi connectivity index (χ1) is 7.65. The Morgan fingerprint density at radius 2 is 1.94 bits per heavy atom. The lowest BCUT2D eigenvalue weighted by atomic mass is 10.1. The molecule has 2 nitrogen and oxygen atoms in total. The second-order valence-electron chi connectivity index (χ2n) is 4.14. The average molecular weight is 220 g/mol. The Hall–Kier alpha value is -1.31. The number of hydrogen-bond donors (Lipinski definition) is 0. The number of aryl methyl sites for hydroxylation is 2. The molecule has 0 N–H and O–H groups in total. The molecule has 0 aromatic heterocycles. The molecule has 1 rings (SSSR count). The van der Waals surface area contributed by atoms with E-state index in [1.54, 1.807) is 0 Å². The van der Waals surface area contributed by atoms with E-state index >= 15 is 0 Å². The van der Waals surface area contributed by atoms with Crippen LogP contribution >= 0.6 is 0 Å². The van der Waals surface area contributed by atoms with Crippen molar-refractivity contribution in [3.8, 4) is 0 Å². The number of ether oxygens (including phenoxy) is 1. The van der Waals surface area contributed by atoms with Gasteiger partial charge in [0.05, 0.1) is 12.2 Å². The standard InChI is InChI=1S/C14H20O2/c1-4-5-6-9-16-14(15)13-8-7-11(2)12(3)10-13/h7-8,10H,4-6,9H2,1-3H3. The van der Waals surface area contributed by atoms with Crippen molar-refractivity contribution in [1.29, 1.82) is 0 Å². The first kappa shape index (κ1) is 12.8. The predicted octanol–water partition coefficient (Wildman–Crippen LogP) is 3.65. The van der Waals surface area contributed by atoms with E-state index in [2.05, 4.69) is 6.92 Å². The first-order valence-electron chi connectivity index (χ1n) is 5.89. The normalized spacial score (nSPS) is 10.2. The molecule has 0 fully saturated rings. The molecule has 0 aliphatic carbocycles. The third-order valence-electron chi connectivity index (χ3n) is 2.72. The van der Waals surface area contributed by atoms with E-state index < -0.39 is 0 Å². The maximum absolute atomic E-state index is 11.6. The van der Waals surface area contributed by atoms with Crippen molar-refractivity contribution in [3.05, 3.63) is 34.9 Å². The molecule has 0 atom stereocenters. The van der Waals surface area contributed by atoms with Gasteiger partial charge in [0.15, 0.2) is 0 Å². The number of unbranched alkanes of at least 4 members (excludes halogenated alkanes) is 2. The van der Waals surface area contributed by atoms with Gasteiger partial charge in [-0.3, -0.25) is 0 Å². The summed E-state index contributed by atoms with van der Waals surface area (Å²) in [6.45, 7) is 6.69. The van der Waals surface area contributed by atoms with Gasteiger partial charge >= 0.3 is 5.97 Å². The van der Waals surface area contributed by atoms with Crippen molar-refractivity contribution in [3.63, 3.8) is 0 Å². The SMILES string of the molecule is CCCCCOC(=O)c1ccc(C)c(C)c1. The molecule has 0 aliphatic rings. The Bertz CT molecular complexity index is 356. The molecule has 0 bridgehead atoms. The summed E-state index contributed by atoms with van der Waals surface area (Å²) in [6.07, 6.45) is 3.20. The highest BCUT2D eigenvalue weighted by atomic mass is 16.5. The van der Waals surface area contributed by atoms with Crippen molar-refractivity contribution in [2.45, 2.75) is 40.0 Å². The Kier molecular flexibility index (Phi) is 5.03. The Balaban J connectivity index is 2.50. The largest absolute Gasteiger partial charge is 0.462 e. The summed E-state index contributed by atoms with van der Waals surface area (Å²) in [5.74, 6) is -0.209. The van der Waals surface area contributed by atoms with Crippen LogP contribution in [0.3, 0.4) is 0 Å². The maximum atomic E-state index is 11.6. The van der Waals surface area contributed by atoms with E-state index in [0.717, 1.165) is 24.8 Å². The molecule has 0 saturated heterocycles. The third-order valence-corrected chi connectivity index (χ3v) is 2.72. The second-order valence-corrected chi connectivity index (χ2v) is 4.14. The van der Waals surface area contributed by atoms with Gasteiger partial charge in [0.25, 0.3) is 0 Å². The maximum Gasteiger partial charge on any atom is 0.338 e. The van der Waals surface area contributed by atoms with Crippen LogP contribution in [-0.2, 0) is 4.74 Å². The monoisotopic (exact) mass is 220 g/mol. The molecule has 2 heteroatoms. The number of carbonyl (C=O) groups is 1. The molecule has 0 spiro atoms. The Morgan fingerprint density at radius 3 is 2.56 bits per heavy atom. The fourth-order valence-electron chi connectivity index (χ4n) is 1.47. The highest BCUT2D eigenvalue weighted by Gasteiger charge is 2.07. The van der Waals surface area contributed by atoms with Gasteiger partial charge in [-0.05, 0) is 43.5 Å². The summed E-state index contributed by atoms with van der Waals surface area (Å²) in [7, 11) is 0. The number of esters is 1. The van der Waals surface area contributed by atoms with Crippen LogP contribution in [0.5, 0.6) is 0 Å². The predicted molar refractivity (Wildman–Crippen MR) is 65.7 cm³/mol. The minimum Gasteiger partial charge on any atom is -0.462 e. The van der Waals surface area contributed by atoms with Crippen LogP contribution in [0.15, 0.2) is 18.2 Å². The van der Waals surface area contributed by atoms with Crippen LogP contribution in [0.25, 0.3) is 0 Å². The number of carbonyl (C=O) groups excluding carboxylic acids is 1. The van der Waals surface area contributed by atoms with E-state index in [1.807, 2.05) is 32.0 Å². The molecule has 0 heterocycles. The molecule has 88 valence electrons. The Labute approximate surface area is 97.6 Å². The van der Waals surface area contributed by atoms with Crippen LogP contribution < -0.4 is 0 Å². The van der Waals surface area contributed by atoms with Gasteiger partial charge in [-0.15, -0.1) is 0 Å². The van der Waals surface area contributed by atoms with Crippen molar-refractivity contribution in [2.75, 3.05) is 6.61 Å². The lowest BCUT2D eigenvalue weighted by Gasteiger charge is -2.06. The van der Waals surface area contributed by atoms with E-state index in [9.17, 15) is 4.79 Å². The average Bonchev–Trinajstić information content (AvgIpc) is 2.28. The summed E-state index contributed by atoms with van der Waals surface area (Å²) in [5, 5.41) is 0. The molecule has 0 saturated carbocycles. The molecule has 1 aromatic rings. The molecule has 0 unspecified atom stereocenters. The first-order valence-corrected chi connectivity index (χ1v) is 5.89. The van der Waals surface area contributed by atoms with Gasteiger partial charge in [0.1, 0.15) is 0 Å². The molecule has 0 aliphatic heterocycles. The van der Waals surface area contributed by atoms with Gasteiger partial charge in [0, 0.05) is 0 Å². The van der Waals surface area contributed by atoms with E-state index in [1.165, 1.54) is 5.56 Å². The summed E-state index contributed by atoms with van der Waals surface area (Å²) >= 11 is 0. The molecule has 1 aromatic carbocycles. The van der Waals surface area contributed by atoms with E-state index in [-0.39, 0.29) is 5.97 Å². The third kappa shape index (κ3) is 3.69. The van der Waals surface area contributed by atoms with E-state index in [4.69, 9.17) is 4.74 Å². The highest BCUT2D eigenvalue weighted by Crippen LogP contribution is 2.11. The summed E-state index contributed by atoms with van der Waals surface area (Å²) in [4.78, 5) is 11.6. The quantitative estimate of drug-likeness (QED) is 0.559. The smallest absolute Gasteiger partial charge is 0.338 e. The molecular formula is C14H20O2. The fraction of sp³-hybridized carbons (Fsp3) is 0.500. The van der Waals surface area contributed by atoms with Crippen LogP contribution in [0, 0.1) is 13.8 Å². The molecular weight excluding hydrogens is 200 g/mol. The zero-order valence-corrected chi connectivity index (χ0v) is 10.4. The number of benzene rings is 1. The zero-order valence-electron chi connectivity index (χ0n) is 10.4. The van der Waals surface area contributed by atoms with Crippen molar-refractivity contribution in [1.82, 2.24) is 0 Å². The van der Waals surface area contributed by atoms with Gasteiger partial charge in [0.2, 0.25) is 0 Å². The van der Waals surface area contributed by atoms with E-state index in [0.29, 0.717) is 12.2 Å². The lowest BCUT2D eigenvalue weighted by Crippen LogP contribution is -2.06. The molecule has 0 radical (unpaired) electrons. The lowest BCUT2D eigenvalue weighted by molar-refractivity contribution is 0.0498. The van der Waals surface area contributed by atoms with Gasteiger partial charge < -0.3 is 4.74 Å². The Morgan fingerprint density at radius 1 is 1.19 bits per heavy atom. The van der Waals surface area contributed by atoms with Crippen LogP contribution in [0.1, 0.15) is 47.7 Å². The van der Waals surface area contributed by atoms with Gasteiger partial charge in [-0.25, -0.2) is 4.79 Å². The van der Waals surface area contributed by atoms with Crippen molar-refractivity contribution < 1.29 is 9.53 Å². The van der Waals surface area contributed by atoms with Gasteiger partial charge in [-0.2, -0.15) is 0 Å². The summed E-state index contributed by atoms with van der Waals surface area (Å²) < 4.78 is 5.19. The summed E-state index contributed by atoms with van der Waals surface area (Å²) in [5.41, 5.74) is 2.98. The van der Waals surface area contributed by atoms with Crippen molar-refractivity contribution in [2.24, 2.45) is 0 Å². The number of hydrogen-bond acceptors (Lipinski definition) is 2. The van der Waals surface area contributed by atoms with Crippen molar-refractivity contribution >= 4 is 5.97 Å². The molecule has 0 amide bonds. The summed E-state index contributed by atoms with van der Waals surface area (Å²) in [6, 6.07) is 5.67. The van der Waals surface area contributed by atoms with Gasteiger partial charge in [-0.1, -0.05) is 25.8 Å². The van der Waals surface area contributed by atoms with Crippen LogP contribution in [-0.4, -0.2) is 12.6 Å². The van der Waals surface area contributed by atoms with Crippen LogP contribution in [0.4, 0.5) is 0 Å². The number of rotatable bonds is 5. The highest BCUT2D eigenvalue weighted by molar-refractivity contribution is 5.89. The minimum absolute atomic E-state index is 0.209. The van der Waals surface area contributed by atoms with Crippen LogP contribution in [0.2, 0.25) is 0 Å². The topological polar surface area (TPSA) is 26.3 Å². The second kappa shape index (κ2) is 6.31. The molecule has 16 heavy (non-hydrogen) atoms. The minimum atomic E-state index is -0.209. The zero-order chi connectivity index (χ0) is 12.0.